The van der Waals surface area contributed by atoms with Gasteiger partial charge in [0.25, 0.3) is 0 Å². The van der Waals surface area contributed by atoms with Crippen molar-refractivity contribution in [1.29, 1.82) is 0 Å². The largest absolute Gasteiger partial charge is 0.547 e. The zero-order chi connectivity index (χ0) is 15.5. The van der Waals surface area contributed by atoms with Crippen LogP contribution in [0.1, 0.15) is 54.9 Å². The average molecular weight is 283 g/mol. The highest BCUT2D eigenvalue weighted by Crippen LogP contribution is 2.39. The molecule has 0 aliphatic heterocycles. The second-order valence-corrected chi connectivity index (χ2v) is 12.4. The third-order valence-corrected chi connectivity index (χ3v) is 9.06. The maximum atomic E-state index is 6.43. The lowest BCUT2D eigenvalue weighted by Gasteiger charge is -2.38. The first-order valence-electron chi connectivity index (χ1n) is 7.40. The lowest BCUT2D eigenvalue weighted by molar-refractivity contribution is 0.332. The molecule has 1 nitrogen and oxygen atoms in total. The Balaban J connectivity index is 5.10. The van der Waals surface area contributed by atoms with E-state index in [1.807, 2.05) is 6.08 Å². The number of rotatable bonds is 6. The van der Waals surface area contributed by atoms with Crippen molar-refractivity contribution in [3.8, 4) is 0 Å². The molecule has 0 radical (unpaired) electrons. The first kappa shape index (κ1) is 18.5. The molecule has 0 aliphatic carbocycles. The van der Waals surface area contributed by atoms with E-state index in [-0.39, 0.29) is 10.5 Å². The summed E-state index contributed by atoms with van der Waals surface area (Å²) in [6, 6.07) is 0. The van der Waals surface area contributed by atoms with E-state index in [4.69, 9.17) is 4.43 Å². The minimum absolute atomic E-state index is 0.108. The van der Waals surface area contributed by atoms with Gasteiger partial charge in [0.1, 0.15) is 0 Å². The standard InChI is InChI=1S/C17H34OSi/c1-11-15(13-14(3)17(7,8)12-2)18-19(9,10)16(4,5)6/h12-14H,2,11H2,1,3-10H3/b15-13+. The van der Waals surface area contributed by atoms with Gasteiger partial charge in [-0.1, -0.05) is 54.5 Å². The molecule has 0 amide bonds. The van der Waals surface area contributed by atoms with E-state index in [1.165, 1.54) is 0 Å². The first-order chi connectivity index (χ1) is 8.37. The second kappa shape index (κ2) is 6.30. The highest BCUT2D eigenvalue weighted by molar-refractivity contribution is 6.74. The topological polar surface area (TPSA) is 9.23 Å². The molecule has 112 valence electrons. The Hall–Kier alpha value is -0.503. The van der Waals surface area contributed by atoms with Crippen LogP contribution in [0.15, 0.2) is 24.5 Å². The lowest BCUT2D eigenvalue weighted by Crippen LogP contribution is -2.40. The van der Waals surface area contributed by atoms with Crippen LogP contribution in [-0.4, -0.2) is 8.32 Å². The summed E-state index contributed by atoms with van der Waals surface area (Å²) >= 11 is 0. The van der Waals surface area contributed by atoms with Crippen LogP contribution >= 0.6 is 0 Å². The Morgan fingerprint density at radius 3 is 2.00 bits per heavy atom. The van der Waals surface area contributed by atoms with Crippen LogP contribution in [0.25, 0.3) is 0 Å². The molecule has 0 saturated heterocycles. The fraction of sp³-hybridized carbons (Fsp3) is 0.765. The quantitative estimate of drug-likeness (QED) is 0.322. The molecule has 0 aromatic rings. The van der Waals surface area contributed by atoms with E-state index in [1.54, 1.807) is 0 Å². The summed E-state index contributed by atoms with van der Waals surface area (Å²) < 4.78 is 6.43. The van der Waals surface area contributed by atoms with Crippen LogP contribution in [0.2, 0.25) is 18.1 Å². The zero-order valence-electron chi connectivity index (χ0n) is 14.6. The molecule has 19 heavy (non-hydrogen) atoms. The molecule has 0 fully saturated rings. The molecule has 0 heterocycles. The normalized spacial score (nSPS) is 16.2. The molecule has 0 aromatic carbocycles. The van der Waals surface area contributed by atoms with Gasteiger partial charge in [-0.05, 0) is 35.5 Å². The van der Waals surface area contributed by atoms with Gasteiger partial charge in [0.2, 0.25) is 8.32 Å². The van der Waals surface area contributed by atoms with Gasteiger partial charge in [-0.3, -0.25) is 0 Å². The highest BCUT2D eigenvalue weighted by Gasteiger charge is 2.39. The summed E-state index contributed by atoms with van der Waals surface area (Å²) in [6.07, 6.45) is 5.29. The monoisotopic (exact) mass is 282 g/mol. The maximum Gasteiger partial charge on any atom is 0.250 e. The van der Waals surface area contributed by atoms with Crippen molar-refractivity contribution in [1.82, 2.24) is 0 Å². The predicted molar refractivity (Wildman–Crippen MR) is 89.8 cm³/mol. The van der Waals surface area contributed by atoms with Gasteiger partial charge in [0.05, 0.1) is 5.76 Å². The van der Waals surface area contributed by atoms with Crippen LogP contribution in [0.3, 0.4) is 0 Å². The number of hydrogen-bond acceptors (Lipinski definition) is 1. The van der Waals surface area contributed by atoms with Gasteiger partial charge in [0.15, 0.2) is 0 Å². The second-order valence-electron chi connectivity index (χ2n) is 7.66. The zero-order valence-corrected chi connectivity index (χ0v) is 15.6. The van der Waals surface area contributed by atoms with E-state index in [0.717, 1.165) is 12.2 Å². The van der Waals surface area contributed by atoms with Crippen LogP contribution < -0.4 is 0 Å². The minimum Gasteiger partial charge on any atom is -0.547 e. The van der Waals surface area contributed by atoms with Crippen molar-refractivity contribution in [3.05, 3.63) is 24.5 Å². The summed E-state index contributed by atoms with van der Waals surface area (Å²) in [6.45, 7) is 24.3. The molecule has 0 bridgehead atoms. The molecule has 0 rings (SSSR count). The molecular formula is C17H34OSi. The van der Waals surface area contributed by atoms with Crippen molar-refractivity contribution in [3.63, 3.8) is 0 Å². The summed E-state index contributed by atoms with van der Waals surface area (Å²) in [5.74, 6) is 1.58. The van der Waals surface area contributed by atoms with Gasteiger partial charge in [-0.15, -0.1) is 6.58 Å². The Morgan fingerprint density at radius 1 is 1.21 bits per heavy atom. The van der Waals surface area contributed by atoms with Gasteiger partial charge >= 0.3 is 0 Å². The van der Waals surface area contributed by atoms with Crippen LogP contribution in [0, 0.1) is 11.3 Å². The number of hydrogen-bond donors (Lipinski definition) is 0. The lowest BCUT2D eigenvalue weighted by atomic mass is 9.80. The van der Waals surface area contributed by atoms with Crippen molar-refractivity contribution < 1.29 is 4.43 Å². The summed E-state index contributed by atoms with van der Waals surface area (Å²) in [4.78, 5) is 0. The summed E-state index contributed by atoms with van der Waals surface area (Å²) in [7, 11) is -1.72. The van der Waals surface area contributed by atoms with Crippen LogP contribution in [0.5, 0.6) is 0 Å². The predicted octanol–water partition coefficient (Wildman–Crippen LogP) is 6.15. The fourth-order valence-corrected chi connectivity index (χ4v) is 2.56. The molecule has 0 saturated carbocycles. The van der Waals surface area contributed by atoms with Gasteiger partial charge < -0.3 is 4.43 Å². The summed E-state index contributed by atoms with van der Waals surface area (Å²) in [5.41, 5.74) is 0.108. The Morgan fingerprint density at radius 2 is 1.68 bits per heavy atom. The molecular weight excluding hydrogens is 248 g/mol. The Labute approximate surface area is 122 Å². The molecule has 2 heteroatoms. The third kappa shape index (κ3) is 5.17. The van der Waals surface area contributed by atoms with E-state index < -0.39 is 8.32 Å². The molecule has 0 aromatic heterocycles. The Bertz CT molecular complexity index is 332. The van der Waals surface area contributed by atoms with Gasteiger partial charge in [-0.25, -0.2) is 0 Å². The van der Waals surface area contributed by atoms with Crippen LogP contribution in [-0.2, 0) is 4.43 Å². The average Bonchev–Trinajstić information content (AvgIpc) is 2.25. The molecule has 0 spiro atoms. The van der Waals surface area contributed by atoms with Crippen molar-refractivity contribution in [2.45, 2.75) is 73.0 Å². The SMILES string of the molecule is C=CC(C)(C)C(C)/C=C(\CC)O[Si](C)(C)C(C)(C)C. The van der Waals surface area contributed by atoms with Crippen molar-refractivity contribution in [2.24, 2.45) is 11.3 Å². The van der Waals surface area contributed by atoms with E-state index in [2.05, 4.69) is 74.2 Å². The molecule has 0 N–H and O–H groups in total. The fourth-order valence-electron chi connectivity index (χ4n) is 1.38. The molecule has 1 unspecified atom stereocenters. The third-order valence-electron chi connectivity index (χ3n) is 4.68. The van der Waals surface area contributed by atoms with Crippen LogP contribution in [0.4, 0.5) is 0 Å². The Kier molecular flexibility index (Phi) is 6.13. The molecule has 0 aliphatic rings. The van der Waals surface area contributed by atoms with E-state index in [0.29, 0.717) is 5.92 Å². The maximum absolute atomic E-state index is 6.43. The minimum atomic E-state index is -1.72. The molecule has 1 atom stereocenters. The number of allylic oxidation sites excluding steroid dienone is 3. The van der Waals surface area contributed by atoms with E-state index in [9.17, 15) is 0 Å². The van der Waals surface area contributed by atoms with Gasteiger partial charge in [-0.2, -0.15) is 0 Å². The first-order valence-corrected chi connectivity index (χ1v) is 10.3. The van der Waals surface area contributed by atoms with Crippen molar-refractivity contribution >= 4 is 8.32 Å². The van der Waals surface area contributed by atoms with E-state index >= 15 is 0 Å². The van der Waals surface area contributed by atoms with Gasteiger partial charge in [0, 0.05) is 6.42 Å². The van der Waals surface area contributed by atoms with Crippen molar-refractivity contribution in [2.75, 3.05) is 0 Å². The smallest absolute Gasteiger partial charge is 0.250 e. The highest BCUT2D eigenvalue weighted by atomic mass is 28.4. The summed E-state index contributed by atoms with van der Waals surface area (Å²) in [5, 5.41) is 0.248.